The van der Waals surface area contributed by atoms with Gasteiger partial charge in [0, 0.05) is 13.0 Å². The van der Waals surface area contributed by atoms with Crippen molar-refractivity contribution in [1.29, 1.82) is 0 Å². The number of ether oxygens (including phenoxy) is 3. The predicted molar refractivity (Wildman–Crippen MR) is 48.9 cm³/mol. The van der Waals surface area contributed by atoms with Crippen molar-refractivity contribution < 1.29 is 23.8 Å². The molecule has 0 aliphatic carbocycles. The van der Waals surface area contributed by atoms with Crippen LogP contribution in [0.3, 0.4) is 0 Å². The number of cyclic esters (lactones) is 1. The van der Waals surface area contributed by atoms with Gasteiger partial charge in [-0.3, -0.25) is 4.79 Å². The van der Waals surface area contributed by atoms with Crippen LogP contribution in [0, 0.1) is 0 Å². The minimum atomic E-state index is -0.532. The molecule has 1 fully saturated rings. The van der Waals surface area contributed by atoms with Gasteiger partial charge in [-0.05, 0) is 13.0 Å². The number of hydrogen-bond acceptors (Lipinski definition) is 5. The van der Waals surface area contributed by atoms with E-state index < -0.39 is 24.1 Å². The summed E-state index contributed by atoms with van der Waals surface area (Å²) in [5, 5.41) is 0. The molecular weight excluding hydrogens is 200 g/mol. The molecule has 15 heavy (non-hydrogen) atoms. The van der Waals surface area contributed by atoms with Crippen molar-refractivity contribution in [1.82, 2.24) is 0 Å². The highest BCUT2D eigenvalue weighted by atomic mass is 16.6. The topological polar surface area (TPSA) is 65.1 Å². The van der Waals surface area contributed by atoms with Crippen LogP contribution < -0.4 is 0 Å². The van der Waals surface area contributed by atoms with Crippen LogP contribution in [0.5, 0.6) is 0 Å². The molecule has 5 nitrogen and oxygen atoms in total. The average Bonchev–Trinajstić information content (AvgIpc) is 2.85. The van der Waals surface area contributed by atoms with Crippen LogP contribution >= 0.6 is 0 Å². The Morgan fingerprint density at radius 1 is 1.47 bits per heavy atom. The fraction of sp³-hybridized carbons (Fsp3) is 0.600. The van der Waals surface area contributed by atoms with E-state index in [1.54, 1.807) is 0 Å². The minimum Gasteiger partial charge on any atom is -0.454 e. The van der Waals surface area contributed by atoms with Crippen LogP contribution in [0.2, 0.25) is 0 Å². The first-order valence-corrected chi connectivity index (χ1v) is 4.79. The van der Waals surface area contributed by atoms with Gasteiger partial charge in [-0.25, -0.2) is 4.79 Å². The molecule has 0 unspecified atom stereocenters. The van der Waals surface area contributed by atoms with Gasteiger partial charge in [0.1, 0.15) is 6.10 Å². The Kier molecular flexibility index (Phi) is 2.48. The fourth-order valence-corrected chi connectivity index (χ4v) is 1.62. The molecular formula is C10H12O5. The molecule has 0 aromatic heterocycles. The van der Waals surface area contributed by atoms with Crippen LogP contribution in [-0.4, -0.2) is 36.4 Å². The molecule has 82 valence electrons. The molecule has 2 aliphatic rings. The van der Waals surface area contributed by atoms with E-state index in [4.69, 9.17) is 14.2 Å². The number of carbonyl (C=O) groups excluding carboxylic acids is 2. The van der Waals surface area contributed by atoms with Crippen molar-refractivity contribution >= 4 is 11.9 Å². The van der Waals surface area contributed by atoms with Crippen molar-refractivity contribution in [3.8, 4) is 0 Å². The van der Waals surface area contributed by atoms with E-state index >= 15 is 0 Å². The van der Waals surface area contributed by atoms with Crippen molar-refractivity contribution in [3.63, 3.8) is 0 Å². The normalized spacial score (nSPS) is 38.4. The highest BCUT2D eigenvalue weighted by Gasteiger charge is 2.49. The summed E-state index contributed by atoms with van der Waals surface area (Å²) >= 11 is 0. The van der Waals surface area contributed by atoms with Gasteiger partial charge in [0.15, 0.2) is 12.2 Å². The molecule has 0 radical (unpaired) electrons. The Labute approximate surface area is 87.0 Å². The third-order valence-corrected chi connectivity index (χ3v) is 2.38. The summed E-state index contributed by atoms with van der Waals surface area (Å²) in [7, 11) is 0. The van der Waals surface area contributed by atoms with Gasteiger partial charge in [0.25, 0.3) is 0 Å². The van der Waals surface area contributed by atoms with Crippen molar-refractivity contribution in [2.45, 2.75) is 38.3 Å². The maximum absolute atomic E-state index is 11.0. The Balaban J connectivity index is 2.07. The minimum absolute atomic E-state index is 0.0485. The molecule has 0 amide bonds. The van der Waals surface area contributed by atoms with E-state index in [2.05, 4.69) is 0 Å². The highest BCUT2D eigenvalue weighted by Crippen LogP contribution is 2.31. The van der Waals surface area contributed by atoms with Crippen LogP contribution in [-0.2, 0) is 23.8 Å². The van der Waals surface area contributed by atoms with Crippen LogP contribution in [0.25, 0.3) is 0 Å². The molecule has 1 saturated heterocycles. The van der Waals surface area contributed by atoms with Crippen LogP contribution in [0.1, 0.15) is 13.8 Å². The summed E-state index contributed by atoms with van der Waals surface area (Å²) in [5.74, 6) is -0.827. The third-order valence-electron chi connectivity index (χ3n) is 2.38. The molecule has 0 spiro atoms. The number of epoxide rings is 1. The van der Waals surface area contributed by atoms with Crippen molar-refractivity contribution in [3.05, 3.63) is 12.2 Å². The molecule has 2 heterocycles. The molecule has 0 N–H and O–H groups in total. The van der Waals surface area contributed by atoms with Crippen molar-refractivity contribution in [2.24, 2.45) is 0 Å². The second-order valence-electron chi connectivity index (χ2n) is 3.64. The molecule has 2 aliphatic heterocycles. The molecule has 0 bridgehead atoms. The van der Waals surface area contributed by atoms with Gasteiger partial charge < -0.3 is 14.2 Å². The lowest BCUT2D eigenvalue weighted by atomic mass is 10.1. The Bertz CT molecular complexity index is 322. The maximum Gasteiger partial charge on any atom is 0.331 e. The standard InChI is InChI=1S/C10H12O5/c1-5-9(13-5)10-7(14-6(2)11)3-4-8(12)15-10/h3-5,7,9-10H,1-2H3/t5-,7+,9+,10-/m0/s1. The van der Waals surface area contributed by atoms with Gasteiger partial charge in [-0.2, -0.15) is 0 Å². The average molecular weight is 212 g/mol. The summed E-state index contributed by atoms with van der Waals surface area (Å²) in [5.41, 5.74) is 0. The first-order chi connectivity index (χ1) is 7.08. The van der Waals surface area contributed by atoms with E-state index in [9.17, 15) is 9.59 Å². The number of esters is 2. The summed E-state index contributed by atoms with van der Waals surface area (Å²) in [6, 6.07) is 0. The second-order valence-corrected chi connectivity index (χ2v) is 3.64. The fourth-order valence-electron chi connectivity index (χ4n) is 1.62. The summed E-state index contributed by atoms with van der Waals surface area (Å²) in [6.07, 6.45) is 1.64. The van der Waals surface area contributed by atoms with Gasteiger partial charge in [-0.1, -0.05) is 0 Å². The third kappa shape index (κ3) is 2.18. The molecule has 0 aromatic rings. The Morgan fingerprint density at radius 3 is 2.67 bits per heavy atom. The van der Waals surface area contributed by atoms with E-state index in [0.717, 1.165) is 0 Å². The lowest BCUT2D eigenvalue weighted by molar-refractivity contribution is -0.163. The smallest absolute Gasteiger partial charge is 0.331 e. The van der Waals surface area contributed by atoms with Crippen LogP contribution in [0.4, 0.5) is 0 Å². The van der Waals surface area contributed by atoms with E-state index in [1.807, 2.05) is 6.92 Å². The summed E-state index contributed by atoms with van der Waals surface area (Å²) < 4.78 is 15.3. The van der Waals surface area contributed by atoms with Gasteiger partial charge in [-0.15, -0.1) is 0 Å². The van der Waals surface area contributed by atoms with Gasteiger partial charge in [0.05, 0.1) is 6.10 Å². The molecule has 0 aromatic carbocycles. The largest absolute Gasteiger partial charge is 0.454 e. The van der Waals surface area contributed by atoms with E-state index in [1.165, 1.54) is 19.1 Å². The second kappa shape index (κ2) is 3.66. The highest BCUT2D eigenvalue weighted by molar-refractivity contribution is 5.83. The SMILES string of the molecule is CC(=O)O[C@@H]1C=CC(=O)O[C@@H]1[C@@H]1O[C@H]1C. The first kappa shape index (κ1) is 10.2. The maximum atomic E-state index is 11.0. The number of carbonyl (C=O) groups is 2. The first-order valence-electron chi connectivity index (χ1n) is 4.79. The Morgan fingerprint density at radius 2 is 2.13 bits per heavy atom. The molecule has 4 atom stereocenters. The van der Waals surface area contributed by atoms with E-state index in [0.29, 0.717) is 0 Å². The lowest BCUT2D eigenvalue weighted by Crippen LogP contribution is -2.40. The summed E-state index contributed by atoms with van der Waals surface area (Å²) in [4.78, 5) is 21.9. The van der Waals surface area contributed by atoms with E-state index in [-0.39, 0.29) is 12.2 Å². The zero-order valence-corrected chi connectivity index (χ0v) is 8.51. The van der Waals surface area contributed by atoms with Crippen LogP contribution in [0.15, 0.2) is 12.2 Å². The Hall–Kier alpha value is -1.36. The zero-order chi connectivity index (χ0) is 11.0. The quantitative estimate of drug-likeness (QED) is 0.483. The number of rotatable bonds is 2. The predicted octanol–water partition coefficient (Wildman–Crippen LogP) is 0.187. The number of hydrogen-bond donors (Lipinski definition) is 0. The monoisotopic (exact) mass is 212 g/mol. The lowest BCUT2D eigenvalue weighted by Gasteiger charge is -2.25. The van der Waals surface area contributed by atoms with Gasteiger partial charge in [0.2, 0.25) is 0 Å². The van der Waals surface area contributed by atoms with Crippen molar-refractivity contribution in [2.75, 3.05) is 0 Å². The molecule has 0 saturated carbocycles. The molecule has 5 heteroatoms. The zero-order valence-electron chi connectivity index (χ0n) is 8.51. The summed E-state index contributed by atoms with van der Waals surface area (Å²) in [6.45, 7) is 3.19. The van der Waals surface area contributed by atoms with Gasteiger partial charge >= 0.3 is 11.9 Å². The molecule has 2 rings (SSSR count).